The summed E-state index contributed by atoms with van der Waals surface area (Å²) in [5.74, 6) is -1.25. The first kappa shape index (κ1) is 52.7. The lowest BCUT2D eigenvalue weighted by molar-refractivity contribution is -0.258. The molecule has 1 heterocycles. The van der Waals surface area contributed by atoms with Crippen molar-refractivity contribution in [1.29, 1.82) is 0 Å². The van der Waals surface area contributed by atoms with Gasteiger partial charge in [0.05, 0.1) is 38.1 Å². The molecule has 1 fully saturated rings. The average Bonchev–Trinajstić information content (AvgIpc) is 3.33. The molecule has 0 spiro atoms. The normalized spacial score (nSPS) is 22.4. The molecule has 2 aromatic carbocycles. The van der Waals surface area contributed by atoms with Gasteiger partial charge in [-0.2, -0.15) is 0 Å². The fourth-order valence-corrected chi connectivity index (χ4v) is 10.3. The van der Waals surface area contributed by atoms with E-state index in [0.717, 1.165) is 68.1 Å². The molecule has 0 radical (unpaired) electrons. The molecule has 0 aromatic heterocycles. The Balaban J connectivity index is 1.61. The predicted molar refractivity (Wildman–Crippen MR) is 257 cm³/mol. The second kappa shape index (κ2) is 28.8. The fraction of sp³-hybridized carbons (Fsp3) is 0.642. The molecule has 2 aromatic rings. The molecule has 6 atom stereocenters. The van der Waals surface area contributed by atoms with Crippen LogP contribution in [0.15, 0.2) is 78.0 Å². The van der Waals surface area contributed by atoms with Crippen LogP contribution in [0.25, 0.3) is 0 Å². The molecule has 1 aliphatic heterocycles. The molecule has 13 heteroatoms. The smallest absolute Gasteiger partial charge is 0.412 e. The second-order valence-corrected chi connectivity index (χ2v) is 17.9. The summed E-state index contributed by atoms with van der Waals surface area (Å²) in [6.07, 6.45) is 18.7. The van der Waals surface area contributed by atoms with Crippen LogP contribution in [0, 0.1) is 17.8 Å². The van der Waals surface area contributed by atoms with Gasteiger partial charge in [-0.15, -0.1) is 6.58 Å². The van der Waals surface area contributed by atoms with E-state index in [-0.39, 0.29) is 76.3 Å². The maximum atomic E-state index is 14.9. The van der Waals surface area contributed by atoms with Crippen LogP contribution in [-0.4, -0.2) is 103 Å². The van der Waals surface area contributed by atoms with Crippen molar-refractivity contribution < 1.29 is 48.7 Å². The third-order valence-electron chi connectivity index (χ3n) is 13.3. The number of hydrogen-bond acceptors (Lipinski definition) is 11. The number of ether oxygens (including phenoxy) is 4. The number of fused-ring (bicyclic) bond motifs is 2. The number of unbranched alkanes of at least 4 members (excludes halogenated alkanes) is 10. The number of aliphatic hydroxyl groups excluding tert-OH is 3. The van der Waals surface area contributed by atoms with Gasteiger partial charge in [0, 0.05) is 50.6 Å². The number of rotatable bonds is 32. The van der Waals surface area contributed by atoms with Gasteiger partial charge in [0.2, 0.25) is 11.7 Å². The zero-order chi connectivity index (χ0) is 47.0. The number of hydrogen-bond donors (Lipinski definition) is 4. The van der Waals surface area contributed by atoms with Crippen LogP contribution in [0.2, 0.25) is 0 Å². The van der Waals surface area contributed by atoms with Crippen molar-refractivity contribution in [2.24, 2.45) is 22.9 Å². The van der Waals surface area contributed by atoms with E-state index in [2.05, 4.69) is 24.9 Å². The molecule has 0 saturated heterocycles. The first-order valence-corrected chi connectivity index (χ1v) is 25.0. The van der Waals surface area contributed by atoms with Crippen molar-refractivity contribution in [2.45, 2.75) is 147 Å². The highest BCUT2D eigenvalue weighted by molar-refractivity contribution is 6.03. The lowest BCUT2D eigenvalue weighted by atomic mass is 9.55. The molecule has 4 N–H and O–H groups in total. The van der Waals surface area contributed by atoms with E-state index in [4.69, 9.17) is 28.9 Å². The van der Waals surface area contributed by atoms with E-state index in [0.29, 0.717) is 49.6 Å². The molecule has 1 saturated carbocycles. The highest BCUT2D eigenvalue weighted by Gasteiger charge is 2.65. The standard InChI is InChI=1S/C53H79N3O10/c1-4-7-8-9-10-11-12-13-17-26-49(60)56(29-34-62-35-32-59)48-38-46(55-64-6-3)44-36-41(24-18-20-30-57)43(25-19-21-31-58)50-45-37-42(65-52(61)54-39-40-22-15-14-16-23-40)27-28-47(45)66-53(48,51(44)50)63-33-5-2/h5,14-16,22-23,27-28,36-37,41,43,48,50-51,57-59H,2,4,6-13,17-21,24-26,29-35,38-39H2,1,3H3,(H,54,61)/t41-,43+,48-,50+,51+,53+/m0/s1. The Labute approximate surface area is 393 Å². The number of amides is 2. The van der Waals surface area contributed by atoms with Gasteiger partial charge in [0.25, 0.3) is 0 Å². The first-order valence-electron chi connectivity index (χ1n) is 25.0. The largest absolute Gasteiger partial charge is 0.459 e. The molecule has 2 aliphatic carbocycles. The van der Waals surface area contributed by atoms with E-state index < -0.39 is 23.8 Å². The Morgan fingerprint density at radius 3 is 2.32 bits per heavy atom. The third kappa shape index (κ3) is 14.6. The van der Waals surface area contributed by atoms with Crippen molar-refractivity contribution in [3.8, 4) is 11.5 Å². The number of carbonyl (C=O) groups excluding carboxylic acids is 2. The first-order chi connectivity index (χ1) is 32.3. The van der Waals surface area contributed by atoms with Crippen molar-refractivity contribution in [1.82, 2.24) is 10.2 Å². The number of oxime groups is 1. The van der Waals surface area contributed by atoms with E-state index in [1.54, 1.807) is 12.1 Å². The van der Waals surface area contributed by atoms with E-state index in [1.165, 1.54) is 32.1 Å². The van der Waals surface area contributed by atoms with Gasteiger partial charge in [-0.1, -0.05) is 119 Å². The molecule has 366 valence electrons. The minimum Gasteiger partial charge on any atom is -0.459 e. The minimum atomic E-state index is -1.42. The van der Waals surface area contributed by atoms with Gasteiger partial charge in [-0.25, -0.2) is 4.79 Å². The summed E-state index contributed by atoms with van der Waals surface area (Å²) in [5.41, 5.74) is 3.45. The zero-order valence-electron chi connectivity index (χ0n) is 39.8. The quantitative estimate of drug-likeness (QED) is 0.0315. The molecule has 5 rings (SSSR count). The number of nitrogens with zero attached hydrogens (tertiary/aromatic N) is 2. The molecule has 2 amide bonds. The van der Waals surface area contributed by atoms with Crippen molar-refractivity contribution in [3.05, 3.63) is 84.0 Å². The van der Waals surface area contributed by atoms with Crippen LogP contribution in [0.3, 0.4) is 0 Å². The van der Waals surface area contributed by atoms with Crippen LogP contribution in [0.5, 0.6) is 11.5 Å². The highest BCUT2D eigenvalue weighted by atomic mass is 16.7. The zero-order valence-corrected chi connectivity index (χ0v) is 39.8. The number of nitrogens with one attached hydrogen (secondary N) is 1. The molecule has 66 heavy (non-hydrogen) atoms. The van der Waals surface area contributed by atoms with Gasteiger partial charge in [-0.3, -0.25) is 4.79 Å². The third-order valence-corrected chi connectivity index (χ3v) is 13.3. The van der Waals surface area contributed by atoms with Gasteiger partial charge in [0.15, 0.2) is 0 Å². The van der Waals surface area contributed by atoms with Gasteiger partial charge in [-0.05, 0) is 80.2 Å². The molecule has 0 bridgehead atoms. The summed E-state index contributed by atoms with van der Waals surface area (Å²) in [4.78, 5) is 35.9. The number of aliphatic hydroxyl groups is 3. The Bertz CT molecular complexity index is 1820. The summed E-state index contributed by atoms with van der Waals surface area (Å²) < 4.78 is 26.3. The lowest BCUT2D eigenvalue weighted by Crippen LogP contribution is -2.70. The molecular weight excluding hydrogens is 839 g/mol. The van der Waals surface area contributed by atoms with Crippen molar-refractivity contribution >= 4 is 17.7 Å². The summed E-state index contributed by atoms with van der Waals surface area (Å²) in [7, 11) is 0. The van der Waals surface area contributed by atoms with Crippen LogP contribution in [-0.2, 0) is 25.7 Å². The maximum Gasteiger partial charge on any atom is 0.412 e. The summed E-state index contributed by atoms with van der Waals surface area (Å²) in [5, 5.41) is 37.2. The lowest BCUT2D eigenvalue weighted by Gasteiger charge is -2.60. The molecule has 13 nitrogen and oxygen atoms in total. The Morgan fingerprint density at radius 1 is 0.894 bits per heavy atom. The van der Waals surface area contributed by atoms with Gasteiger partial charge in [0.1, 0.15) is 24.1 Å². The highest BCUT2D eigenvalue weighted by Crippen LogP contribution is 2.62. The average molecular weight is 918 g/mol. The number of benzene rings is 2. The van der Waals surface area contributed by atoms with Gasteiger partial charge < -0.3 is 49.3 Å². The molecule has 3 aliphatic rings. The maximum absolute atomic E-state index is 14.9. The number of allylic oxidation sites excluding steroid dienone is 1. The van der Waals surface area contributed by atoms with Crippen LogP contribution >= 0.6 is 0 Å². The predicted octanol–water partition coefficient (Wildman–Crippen LogP) is 9.39. The summed E-state index contributed by atoms with van der Waals surface area (Å²) in [6, 6.07) is 14.4. The summed E-state index contributed by atoms with van der Waals surface area (Å²) >= 11 is 0. The number of carbonyl (C=O) groups is 2. The topological polar surface area (TPSA) is 169 Å². The molecule has 0 unspecified atom stereocenters. The Kier molecular flexibility index (Phi) is 23.0. The monoisotopic (exact) mass is 918 g/mol. The Morgan fingerprint density at radius 2 is 1.62 bits per heavy atom. The van der Waals surface area contributed by atoms with Crippen molar-refractivity contribution in [3.63, 3.8) is 0 Å². The van der Waals surface area contributed by atoms with Crippen LogP contribution in [0.4, 0.5) is 4.79 Å². The molecular formula is C53H79N3O10. The SMILES string of the molecule is C=CCO[C@@]12Oc3ccc(OC(=O)NCc4ccccc4)cc3[C@H]3[C@H](CCCCO)[C@@H](CCCCO)C=C(C(=NOCC)C[C@@H]1N(CCOCCO)C(=O)CCCCCCCCCCC)[C@H]32. The van der Waals surface area contributed by atoms with Crippen molar-refractivity contribution in [2.75, 3.05) is 52.8 Å². The van der Waals surface area contributed by atoms with E-state index in [9.17, 15) is 24.9 Å². The summed E-state index contributed by atoms with van der Waals surface area (Å²) in [6.45, 7) is 9.57. The van der Waals surface area contributed by atoms with Gasteiger partial charge >= 0.3 is 6.09 Å². The Hall–Kier alpha value is -4.27. The van der Waals surface area contributed by atoms with Crippen LogP contribution < -0.4 is 14.8 Å². The minimum absolute atomic E-state index is 0.00612. The second-order valence-electron chi connectivity index (χ2n) is 17.9. The fourth-order valence-electron chi connectivity index (χ4n) is 10.3. The van der Waals surface area contributed by atoms with Crippen LogP contribution in [0.1, 0.15) is 140 Å². The van der Waals surface area contributed by atoms with E-state index in [1.807, 2.05) is 54.3 Å². The van der Waals surface area contributed by atoms with E-state index >= 15 is 0 Å².